The number of fused-ring (bicyclic) bond motifs is 1. The smallest absolute Gasteiger partial charge is 0.255 e. The maximum Gasteiger partial charge on any atom is 0.255 e. The fourth-order valence-corrected chi connectivity index (χ4v) is 1.36. The first-order valence-corrected chi connectivity index (χ1v) is 3.52. The lowest BCUT2D eigenvalue weighted by molar-refractivity contribution is -0.124. The van der Waals surface area contributed by atoms with E-state index in [0.717, 1.165) is 0 Å². The van der Waals surface area contributed by atoms with Crippen molar-refractivity contribution in [1.29, 1.82) is 5.41 Å². The van der Waals surface area contributed by atoms with Crippen molar-refractivity contribution in [2.24, 2.45) is 5.92 Å². The Morgan fingerprint density at radius 2 is 2.08 bits per heavy atom. The summed E-state index contributed by atoms with van der Waals surface area (Å²) in [5, 5.41) is 9.56. The van der Waals surface area contributed by atoms with Crippen molar-refractivity contribution >= 4 is 29.9 Å². The van der Waals surface area contributed by atoms with Crippen molar-refractivity contribution < 1.29 is 9.59 Å². The van der Waals surface area contributed by atoms with Crippen molar-refractivity contribution in [3.05, 3.63) is 23.8 Å². The van der Waals surface area contributed by atoms with Crippen LogP contribution in [0.25, 0.3) is 0 Å². The highest BCUT2D eigenvalue weighted by Crippen LogP contribution is 2.22. The molecule has 13 heavy (non-hydrogen) atoms. The third-order valence-corrected chi connectivity index (χ3v) is 1.93. The quantitative estimate of drug-likeness (QED) is 0.546. The number of carbonyl (C=O) groups is 2. The Kier molecular flexibility index (Phi) is 2.34. The number of carbonyl (C=O) groups excluding carboxylic acids is 2. The zero-order valence-corrected chi connectivity index (χ0v) is 7.35. The molecular weight excluding hydrogens is 192 g/mol. The van der Waals surface area contributed by atoms with Gasteiger partial charge in [-0.3, -0.25) is 14.9 Å². The molecule has 2 rings (SSSR count). The van der Waals surface area contributed by atoms with E-state index >= 15 is 0 Å². The maximum absolute atomic E-state index is 11.1. The lowest BCUT2D eigenvalue weighted by Gasteiger charge is -2.08. The highest BCUT2D eigenvalue weighted by molar-refractivity contribution is 6.26. The number of hydrogen-bond donors (Lipinski definition) is 2. The highest BCUT2D eigenvalue weighted by atomic mass is 35.5. The van der Waals surface area contributed by atoms with Crippen LogP contribution in [0.5, 0.6) is 0 Å². The zero-order valence-electron chi connectivity index (χ0n) is 6.53. The van der Waals surface area contributed by atoms with Crippen LogP contribution in [0.4, 0.5) is 0 Å². The molecule has 0 saturated carbocycles. The molecule has 1 fully saturated rings. The second-order valence-corrected chi connectivity index (χ2v) is 2.69. The van der Waals surface area contributed by atoms with Crippen molar-refractivity contribution in [1.82, 2.24) is 5.32 Å². The molecule has 1 saturated heterocycles. The van der Waals surface area contributed by atoms with E-state index in [0.29, 0.717) is 5.57 Å². The molecular formula is C8H7ClN2O2. The van der Waals surface area contributed by atoms with Crippen LogP contribution >= 0.6 is 12.4 Å². The van der Waals surface area contributed by atoms with Gasteiger partial charge in [0.25, 0.3) is 5.91 Å². The molecule has 0 spiro atoms. The predicted molar refractivity (Wildman–Crippen MR) is 48.8 cm³/mol. The fourth-order valence-electron chi connectivity index (χ4n) is 1.36. The minimum Gasteiger partial charge on any atom is -0.304 e. The van der Waals surface area contributed by atoms with Crippen LogP contribution in [-0.2, 0) is 9.59 Å². The van der Waals surface area contributed by atoms with Gasteiger partial charge >= 0.3 is 0 Å². The van der Waals surface area contributed by atoms with Gasteiger partial charge in [0.2, 0.25) is 5.91 Å². The molecule has 1 aliphatic carbocycles. The van der Waals surface area contributed by atoms with Crippen LogP contribution in [0.15, 0.2) is 23.8 Å². The number of amides is 2. The van der Waals surface area contributed by atoms with Crippen LogP contribution in [0.2, 0.25) is 0 Å². The summed E-state index contributed by atoms with van der Waals surface area (Å²) in [4.78, 5) is 22.1. The average Bonchev–Trinajstić information content (AvgIpc) is 2.29. The number of rotatable bonds is 0. The van der Waals surface area contributed by atoms with Gasteiger partial charge < -0.3 is 5.41 Å². The number of allylic oxidation sites excluding steroid dienone is 3. The van der Waals surface area contributed by atoms with Gasteiger partial charge in [0.1, 0.15) is 5.92 Å². The summed E-state index contributed by atoms with van der Waals surface area (Å²) in [7, 11) is 0. The normalized spacial score (nSPS) is 24.8. The molecule has 5 heteroatoms. The Hall–Kier alpha value is -1.42. The lowest BCUT2D eigenvalue weighted by atomic mass is 9.92. The number of imide groups is 1. The van der Waals surface area contributed by atoms with Gasteiger partial charge in [-0.15, -0.1) is 12.4 Å². The van der Waals surface area contributed by atoms with E-state index in [1.807, 2.05) is 0 Å². The first kappa shape index (κ1) is 9.67. The van der Waals surface area contributed by atoms with Gasteiger partial charge in [-0.1, -0.05) is 12.2 Å². The molecule has 1 unspecified atom stereocenters. The number of halogens is 1. The SMILES string of the molecule is Cl.N=C1C=CC=C2C(=O)NC(=O)C12. The van der Waals surface area contributed by atoms with Gasteiger partial charge in [0.15, 0.2) is 0 Å². The summed E-state index contributed by atoms with van der Waals surface area (Å²) >= 11 is 0. The van der Waals surface area contributed by atoms with Crippen molar-refractivity contribution in [3.63, 3.8) is 0 Å². The van der Waals surface area contributed by atoms with E-state index in [1.165, 1.54) is 6.08 Å². The van der Waals surface area contributed by atoms with E-state index in [-0.39, 0.29) is 29.9 Å². The Balaban J connectivity index is 0.000000845. The first-order valence-electron chi connectivity index (χ1n) is 3.52. The van der Waals surface area contributed by atoms with E-state index < -0.39 is 5.92 Å². The van der Waals surface area contributed by atoms with E-state index in [4.69, 9.17) is 5.41 Å². The van der Waals surface area contributed by atoms with Gasteiger partial charge in [-0.2, -0.15) is 0 Å². The van der Waals surface area contributed by atoms with Crippen LogP contribution < -0.4 is 5.32 Å². The van der Waals surface area contributed by atoms with Crippen LogP contribution in [0.3, 0.4) is 0 Å². The first-order chi connectivity index (χ1) is 5.70. The Morgan fingerprint density at radius 3 is 2.69 bits per heavy atom. The summed E-state index contributed by atoms with van der Waals surface area (Å²) in [6, 6.07) is 0. The lowest BCUT2D eigenvalue weighted by Crippen LogP contribution is -2.25. The summed E-state index contributed by atoms with van der Waals surface area (Å²) in [5.41, 5.74) is 0.559. The third-order valence-electron chi connectivity index (χ3n) is 1.93. The van der Waals surface area contributed by atoms with Crippen LogP contribution in [0, 0.1) is 11.3 Å². The van der Waals surface area contributed by atoms with E-state index in [9.17, 15) is 9.59 Å². The molecule has 0 radical (unpaired) electrons. The topological polar surface area (TPSA) is 70.0 Å². The second kappa shape index (κ2) is 3.14. The van der Waals surface area contributed by atoms with Crippen molar-refractivity contribution in [2.45, 2.75) is 0 Å². The minimum absolute atomic E-state index is 0. The molecule has 0 aromatic rings. The maximum atomic E-state index is 11.1. The molecule has 2 amide bonds. The predicted octanol–water partition coefficient (Wildman–Crippen LogP) is 0.197. The molecule has 0 aromatic carbocycles. The number of nitrogens with one attached hydrogen (secondary N) is 2. The van der Waals surface area contributed by atoms with Crippen LogP contribution in [-0.4, -0.2) is 17.5 Å². The molecule has 0 bridgehead atoms. The van der Waals surface area contributed by atoms with E-state index in [1.54, 1.807) is 12.2 Å². The molecule has 0 aromatic heterocycles. The molecule has 2 N–H and O–H groups in total. The van der Waals surface area contributed by atoms with Gasteiger partial charge in [0.05, 0.1) is 0 Å². The molecule has 1 atom stereocenters. The van der Waals surface area contributed by atoms with Crippen LogP contribution in [0.1, 0.15) is 0 Å². The molecule has 2 aliphatic rings. The minimum atomic E-state index is -0.664. The Labute approximate surface area is 80.6 Å². The second-order valence-electron chi connectivity index (χ2n) is 2.69. The van der Waals surface area contributed by atoms with Gasteiger partial charge in [-0.25, -0.2) is 0 Å². The third kappa shape index (κ3) is 1.29. The summed E-state index contributed by atoms with van der Waals surface area (Å²) in [6.45, 7) is 0. The van der Waals surface area contributed by atoms with Crippen molar-refractivity contribution in [3.8, 4) is 0 Å². The van der Waals surface area contributed by atoms with Crippen molar-refractivity contribution in [2.75, 3.05) is 0 Å². The Bertz CT molecular complexity index is 355. The summed E-state index contributed by atoms with van der Waals surface area (Å²) in [5.74, 6) is -1.43. The highest BCUT2D eigenvalue weighted by Gasteiger charge is 2.38. The monoisotopic (exact) mass is 198 g/mol. The largest absolute Gasteiger partial charge is 0.304 e. The standard InChI is InChI=1S/C8H6N2O2.ClH/c9-5-3-1-2-4-6(5)8(12)10-7(4)11;/h1-3,6,9H,(H,10,11,12);1H. The zero-order chi connectivity index (χ0) is 8.72. The fraction of sp³-hybridized carbons (Fsp3) is 0.125. The molecule has 1 heterocycles. The number of hydrogen-bond acceptors (Lipinski definition) is 3. The van der Waals surface area contributed by atoms with E-state index in [2.05, 4.69) is 5.32 Å². The Morgan fingerprint density at radius 1 is 1.38 bits per heavy atom. The average molecular weight is 199 g/mol. The molecule has 68 valence electrons. The van der Waals surface area contributed by atoms with Gasteiger partial charge in [-0.05, 0) is 6.08 Å². The molecule has 1 aliphatic heterocycles. The molecule has 4 nitrogen and oxygen atoms in total. The summed E-state index contributed by atoms with van der Waals surface area (Å²) in [6.07, 6.45) is 4.70. The van der Waals surface area contributed by atoms with Gasteiger partial charge in [0, 0.05) is 11.3 Å². The summed E-state index contributed by atoms with van der Waals surface area (Å²) < 4.78 is 0.